The Kier molecular flexibility index (Phi) is 6.48. The minimum Gasteiger partial charge on any atom is -0.505 e. The molecule has 0 bridgehead atoms. The van der Waals surface area contributed by atoms with Crippen LogP contribution in [0.4, 0.5) is 11.4 Å². The molecule has 2 N–H and O–H groups in total. The van der Waals surface area contributed by atoms with Crippen molar-refractivity contribution in [2.24, 2.45) is 0 Å². The molecule has 2 aromatic carbocycles. The van der Waals surface area contributed by atoms with Gasteiger partial charge in [0.1, 0.15) is 28.7 Å². The van der Waals surface area contributed by atoms with Gasteiger partial charge in [-0.2, -0.15) is 0 Å². The summed E-state index contributed by atoms with van der Waals surface area (Å²) in [4.78, 5) is 27.7. The third kappa shape index (κ3) is 4.30. The summed E-state index contributed by atoms with van der Waals surface area (Å²) in [5.74, 6) is 0.854. The number of fused-ring (bicyclic) bond motifs is 1. The molecular weight excluding hydrogens is 472 g/mol. The number of hydrogen-bond acceptors (Lipinski definition) is 6. The number of aryl methyl sites for hydroxylation is 2. The number of furan rings is 1. The van der Waals surface area contributed by atoms with Gasteiger partial charge in [-0.05, 0) is 63.4 Å². The second-order valence-electron chi connectivity index (χ2n) is 10.4. The standard InChI is InChI=1S/C29H34N2O6/c1-16-13-23(37-17(16)2)27(34)30-25-22(36-8)14-21-24(26(25)33)29(6,15-28(4,5)31(21)18(3)32)19-9-11-20(35-7)12-10-19/h9-14,33H,15H2,1-8H3,(H,30,34). The van der Waals surface area contributed by atoms with Crippen LogP contribution in [0.15, 0.2) is 40.8 Å². The summed E-state index contributed by atoms with van der Waals surface area (Å²) in [7, 11) is 3.06. The highest BCUT2D eigenvalue weighted by molar-refractivity contribution is 6.06. The molecule has 0 spiro atoms. The Labute approximate surface area is 217 Å². The van der Waals surface area contributed by atoms with E-state index in [9.17, 15) is 14.7 Å². The number of nitrogens with zero attached hydrogens (tertiary/aromatic N) is 1. The molecule has 4 rings (SSSR count). The lowest BCUT2D eigenvalue weighted by Gasteiger charge is -2.51. The fraction of sp³-hybridized carbons (Fsp3) is 0.379. The third-order valence-corrected chi connectivity index (χ3v) is 7.32. The Balaban J connectivity index is 1.96. The van der Waals surface area contributed by atoms with Crippen LogP contribution in [0.1, 0.15) is 67.1 Å². The predicted octanol–water partition coefficient (Wildman–Crippen LogP) is 5.71. The SMILES string of the molecule is COc1ccc(C2(C)CC(C)(C)N(C(C)=O)c3cc(OC)c(NC(=O)c4cc(C)c(C)o4)c(O)c32)cc1. The number of methoxy groups -OCH3 is 2. The first kappa shape index (κ1) is 26.1. The average molecular weight is 507 g/mol. The Bertz CT molecular complexity index is 1350. The molecule has 3 aromatic rings. The Morgan fingerprint density at radius 1 is 1.05 bits per heavy atom. The molecule has 0 saturated carbocycles. The lowest BCUT2D eigenvalue weighted by atomic mass is 9.64. The van der Waals surface area contributed by atoms with Crippen LogP contribution in [-0.2, 0) is 10.2 Å². The summed E-state index contributed by atoms with van der Waals surface area (Å²) in [5, 5.41) is 14.6. The molecule has 37 heavy (non-hydrogen) atoms. The first-order valence-electron chi connectivity index (χ1n) is 12.1. The van der Waals surface area contributed by atoms with Crippen molar-refractivity contribution in [2.75, 3.05) is 24.4 Å². The molecule has 2 amide bonds. The van der Waals surface area contributed by atoms with Crippen molar-refractivity contribution in [3.05, 3.63) is 64.6 Å². The average Bonchev–Trinajstić information content (AvgIpc) is 3.17. The lowest BCUT2D eigenvalue weighted by molar-refractivity contribution is -0.117. The molecule has 196 valence electrons. The van der Waals surface area contributed by atoms with E-state index in [0.29, 0.717) is 29.2 Å². The van der Waals surface area contributed by atoms with Crippen molar-refractivity contribution in [1.29, 1.82) is 0 Å². The number of hydrogen-bond donors (Lipinski definition) is 2. The summed E-state index contributed by atoms with van der Waals surface area (Å²) in [5.41, 5.74) is 1.64. The predicted molar refractivity (Wildman–Crippen MR) is 142 cm³/mol. The summed E-state index contributed by atoms with van der Waals surface area (Å²) < 4.78 is 16.5. The summed E-state index contributed by atoms with van der Waals surface area (Å²) in [6.45, 7) is 11.2. The highest BCUT2D eigenvalue weighted by Crippen LogP contribution is 2.57. The van der Waals surface area contributed by atoms with Gasteiger partial charge in [-0.15, -0.1) is 0 Å². The number of amides is 2. The molecule has 8 nitrogen and oxygen atoms in total. The summed E-state index contributed by atoms with van der Waals surface area (Å²) in [6, 6.07) is 11.0. The number of phenols is 1. The second-order valence-corrected chi connectivity index (χ2v) is 10.4. The molecule has 1 aliphatic heterocycles. The van der Waals surface area contributed by atoms with Gasteiger partial charge in [0.05, 0.1) is 19.9 Å². The molecule has 0 radical (unpaired) electrons. The van der Waals surface area contributed by atoms with E-state index in [1.165, 1.54) is 14.0 Å². The fourth-order valence-corrected chi connectivity index (χ4v) is 5.65. The molecule has 1 aromatic heterocycles. The van der Waals surface area contributed by atoms with E-state index in [0.717, 1.165) is 11.1 Å². The van der Waals surface area contributed by atoms with E-state index >= 15 is 0 Å². The number of ether oxygens (including phenoxy) is 2. The molecular formula is C29H34N2O6. The van der Waals surface area contributed by atoms with Gasteiger partial charge in [0.2, 0.25) is 5.91 Å². The topological polar surface area (TPSA) is 101 Å². The van der Waals surface area contributed by atoms with E-state index in [2.05, 4.69) is 5.32 Å². The van der Waals surface area contributed by atoms with Crippen molar-refractivity contribution in [3.63, 3.8) is 0 Å². The maximum Gasteiger partial charge on any atom is 0.291 e. The van der Waals surface area contributed by atoms with Crippen molar-refractivity contribution < 1.29 is 28.6 Å². The molecule has 1 atom stereocenters. The van der Waals surface area contributed by atoms with E-state index < -0.39 is 16.9 Å². The number of aromatic hydroxyl groups is 1. The number of rotatable bonds is 5. The Hall–Kier alpha value is -3.94. The van der Waals surface area contributed by atoms with Crippen LogP contribution in [0.3, 0.4) is 0 Å². The van der Waals surface area contributed by atoms with Crippen LogP contribution in [0.2, 0.25) is 0 Å². The van der Waals surface area contributed by atoms with Crippen LogP contribution in [-0.4, -0.2) is 36.7 Å². The quantitative estimate of drug-likeness (QED) is 0.430. The Morgan fingerprint density at radius 2 is 1.70 bits per heavy atom. The Morgan fingerprint density at radius 3 is 2.22 bits per heavy atom. The second kappa shape index (κ2) is 9.18. The smallest absolute Gasteiger partial charge is 0.291 e. The number of nitrogens with one attached hydrogen (secondary N) is 1. The van der Waals surface area contributed by atoms with Crippen LogP contribution >= 0.6 is 0 Å². The monoisotopic (exact) mass is 506 g/mol. The summed E-state index contributed by atoms with van der Waals surface area (Å²) in [6.07, 6.45) is 0.517. The van der Waals surface area contributed by atoms with Gasteiger partial charge in [0, 0.05) is 29.5 Å². The zero-order valence-electron chi connectivity index (χ0n) is 22.6. The highest BCUT2D eigenvalue weighted by Gasteiger charge is 2.49. The lowest BCUT2D eigenvalue weighted by Crippen LogP contribution is -2.55. The molecule has 0 saturated heterocycles. The largest absolute Gasteiger partial charge is 0.505 e. The van der Waals surface area contributed by atoms with Gasteiger partial charge in [-0.25, -0.2) is 0 Å². The van der Waals surface area contributed by atoms with Crippen molar-refractivity contribution in [1.82, 2.24) is 0 Å². The van der Waals surface area contributed by atoms with Gasteiger partial charge >= 0.3 is 0 Å². The molecule has 0 fully saturated rings. The first-order chi connectivity index (χ1) is 17.3. The fourth-order valence-electron chi connectivity index (χ4n) is 5.65. The summed E-state index contributed by atoms with van der Waals surface area (Å²) >= 11 is 0. The third-order valence-electron chi connectivity index (χ3n) is 7.32. The number of anilines is 2. The zero-order valence-corrected chi connectivity index (χ0v) is 22.6. The van der Waals surface area contributed by atoms with Crippen molar-refractivity contribution in [2.45, 2.75) is 58.9 Å². The van der Waals surface area contributed by atoms with E-state index in [1.54, 1.807) is 31.1 Å². The van der Waals surface area contributed by atoms with E-state index in [1.807, 2.05) is 52.0 Å². The maximum atomic E-state index is 13.1. The van der Waals surface area contributed by atoms with Crippen molar-refractivity contribution >= 4 is 23.2 Å². The van der Waals surface area contributed by atoms with Crippen LogP contribution < -0.4 is 19.7 Å². The number of phenolic OH excluding ortho intramolecular Hbond substituents is 1. The van der Waals surface area contributed by atoms with Crippen LogP contribution in [0, 0.1) is 13.8 Å². The minimum absolute atomic E-state index is 0.112. The number of carbonyl (C=O) groups excluding carboxylic acids is 2. The van der Waals surface area contributed by atoms with Gasteiger partial charge in [-0.1, -0.05) is 19.1 Å². The van der Waals surface area contributed by atoms with Gasteiger partial charge < -0.3 is 29.2 Å². The van der Waals surface area contributed by atoms with E-state index in [-0.39, 0.29) is 28.9 Å². The maximum absolute atomic E-state index is 13.1. The molecule has 1 unspecified atom stereocenters. The molecule has 2 heterocycles. The first-order valence-corrected chi connectivity index (χ1v) is 12.1. The van der Waals surface area contributed by atoms with Crippen LogP contribution in [0.25, 0.3) is 0 Å². The molecule has 8 heteroatoms. The van der Waals surface area contributed by atoms with E-state index in [4.69, 9.17) is 13.9 Å². The van der Waals surface area contributed by atoms with Crippen LogP contribution in [0.5, 0.6) is 17.2 Å². The number of benzene rings is 2. The highest BCUT2D eigenvalue weighted by atomic mass is 16.5. The number of carbonyl (C=O) groups is 2. The van der Waals surface area contributed by atoms with Gasteiger partial charge in [0.25, 0.3) is 5.91 Å². The van der Waals surface area contributed by atoms with Crippen molar-refractivity contribution in [3.8, 4) is 17.2 Å². The normalized spacial score (nSPS) is 18.2. The zero-order chi connectivity index (χ0) is 27.3. The molecule has 0 aliphatic carbocycles. The van der Waals surface area contributed by atoms with Gasteiger partial charge in [-0.3, -0.25) is 9.59 Å². The van der Waals surface area contributed by atoms with Gasteiger partial charge in [0.15, 0.2) is 5.76 Å². The minimum atomic E-state index is -0.718. The molecule has 1 aliphatic rings.